The molecule has 0 aromatic carbocycles. The maximum atomic E-state index is 11.7. The molecule has 0 aromatic rings. The van der Waals surface area contributed by atoms with E-state index in [0.717, 1.165) is 39.0 Å². The van der Waals surface area contributed by atoms with E-state index >= 15 is 0 Å². The van der Waals surface area contributed by atoms with E-state index in [-0.39, 0.29) is 30.7 Å². The van der Waals surface area contributed by atoms with E-state index in [2.05, 4.69) is 10.2 Å². The normalized spacial score (nSPS) is 24.2. The molecule has 1 amide bonds. The summed E-state index contributed by atoms with van der Waals surface area (Å²) < 4.78 is 5.32. The molecular weight excluding hydrogens is 265 g/mol. The monoisotopic (exact) mass is 285 g/mol. The molecule has 102 valence electrons. The van der Waals surface area contributed by atoms with Crippen LogP contribution in [0.5, 0.6) is 0 Å². The number of primary amides is 1. The van der Waals surface area contributed by atoms with Crippen LogP contribution in [0.1, 0.15) is 12.8 Å². The van der Waals surface area contributed by atoms with Gasteiger partial charge in [-0.25, -0.2) is 0 Å². The van der Waals surface area contributed by atoms with Crippen molar-refractivity contribution < 1.29 is 9.53 Å². The molecule has 7 heteroatoms. The van der Waals surface area contributed by atoms with Crippen molar-refractivity contribution in [2.24, 2.45) is 5.73 Å². The molecule has 0 spiro atoms. The predicted molar refractivity (Wildman–Crippen MR) is 70.9 cm³/mol. The molecule has 2 aliphatic rings. The number of rotatable bonds is 2. The van der Waals surface area contributed by atoms with Crippen molar-refractivity contribution in [3.63, 3.8) is 0 Å². The van der Waals surface area contributed by atoms with Gasteiger partial charge < -0.3 is 15.8 Å². The van der Waals surface area contributed by atoms with Crippen molar-refractivity contribution in [3.8, 4) is 0 Å². The number of nitrogens with one attached hydrogen (secondary N) is 1. The number of halogens is 2. The lowest BCUT2D eigenvalue weighted by atomic mass is 9.86. The Morgan fingerprint density at radius 3 is 2.18 bits per heavy atom. The number of piperazine rings is 1. The smallest absolute Gasteiger partial charge is 0.238 e. The number of amides is 1. The van der Waals surface area contributed by atoms with Crippen LogP contribution in [0.2, 0.25) is 0 Å². The predicted octanol–water partition coefficient (Wildman–Crippen LogP) is -0.230. The lowest BCUT2D eigenvalue weighted by molar-refractivity contribution is -0.138. The van der Waals surface area contributed by atoms with Crippen LogP contribution in [0, 0.1) is 0 Å². The van der Waals surface area contributed by atoms with Gasteiger partial charge in [0.1, 0.15) is 5.54 Å². The van der Waals surface area contributed by atoms with E-state index in [1.165, 1.54) is 0 Å². The van der Waals surface area contributed by atoms with Crippen molar-refractivity contribution in [1.82, 2.24) is 10.2 Å². The van der Waals surface area contributed by atoms with Crippen LogP contribution in [-0.4, -0.2) is 55.7 Å². The lowest BCUT2D eigenvalue weighted by Crippen LogP contribution is -2.64. The number of nitrogens with two attached hydrogens (primary N) is 1. The van der Waals surface area contributed by atoms with Gasteiger partial charge in [0, 0.05) is 39.4 Å². The van der Waals surface area contributed by atoms with E-state index < -0.39 is 5.54 Å². The van der Waals surface area contributed by atoms with Gasteiger partial charge in [0.2, 0.25) is 5.91 Å². The molecule has 0 radical (unpaired) electrons. The Balaban J connectivity index is 0.00000128. The van der Waals surface area contributed by atoms with Gasteiger partial charge >= 0.3 is 0 Å². The molecule has 0 atom stereocenters. The van der Waals surface area contributed by atoms with Gasteiger partial charge in [0.25, 0.3) is 0 Å². The number of nitrogens with zero attached hydrogens (tertiary/aromatic N) is 1. The van der Waals surface area contributed by atoms with Crippen molar-refractivity contribution in [2.45, 2.75) is 18.4 Å². The van der Waals surface area contributed by atoms with E-state index in [4.69, 9.17) is 10.5 Å². The highest BCUT2D eigenvalue weighted by Crippen LogP contribution is 2.27. The number of ether oxygens (including phenoxy) is 1. The third kappa shape index (κ3) is 3.45. The molecule has 2 fully saturated rings. The number of hydrogen-bond donors (Lipinski definition) is 2. The first-order valence-corrected chi connectivity index (χ1v) is 5.59. The van der Waals surface area contributed by atoms with Gasteiger partial charge in [0.15, 0.2) is 0 Å². The van der Waals surface area contributed by atoms with Gasteiger partial charge in [0.05, 0.1) is 0 Å². The van der Waals surface area contributed by atoms with Gasteiger partial charge in [-0.15, -0.1) is 24.8 Å². The third-order valence-corrected chi connectivity index (χ3v) is 3.50. The van der Waals surface area contributed by atoms with E-state index in [1.807, 2.05) is 0 Å². The lowest BCUT2D eigenvalue weighted by Gasteiger charge is -2.45. The maximum absolute atomic E-state index is 11.7. The minimum absolute atomic E-state index is 0. The highest BCUT2D eigenvalue weighted by Gasteiger charge is 2.43. The standard InChI is InChI=1S/C10H19N3O2.2ClH/c11-9(14)10(1-7-15-8-2-10)13-5-3-12-4-6-13;;/h12H,1-8H2,(H2,11,14);2*1H. The van der Waals surface area contributed by atoms with Crippen LogP contribution >= 0.6 is 24.8 Å². The highest BCUT2D eigenvalue weighted by atomic mass is 35.5. The summed E-state index contributed by atoms with van der Waals surface area (Å²) in [6.45, 7) is 4.98. The van der Waals surface area contributed by atoms with Crippen molar-refractivity contribution in [2.75, 3.05) is 39.4 Å². The molecule has 2 saturated heterocycles. The zero-order chi connectivity index (χ0) is 10.7. The van der Waals surface area contributed by atoms with Crippen molar-refractivity contribution >= 4 is 30.7 Å². The summed E-state index contributed by atoms with van der Waals surface area (Å²) in [6.07, 6.45) is 1.48. The summed E-state index contributed by atoms with van der Waals surface area (Å²) in [5.74, 6) is -0.187. The molecule has 3 N–H and O–H groups in total. The summed E-state index contributed by atoms with van der Waals surface area (Å²) >= 11 is 0. The fourth-order valence-corrected chi connectivity index (χ4v) is 2.52. The molecule has 5 nitrogen and oxygen atoms in total. The Hall–Kier alpha value is -0.0700. The van der Waals surface area contributed by atoms with E-state index in [9.17, 15) is 4.79 Å². The summed E-state index contributed by atoms with van der Waals surface area (Å²) in [5, 5.41) is 3.28. The molecule has 0 saturated carbocycles. The third-order valence-electron chi connectivity index (χ3n) is 3.50. The molecule has 0 bridgehead atoms. The van der Waals surface area contributed by atoms with Gasteiger partial charge in [-0.3, -0.25) is 9.69 Å². The Morgan fingerprint density at radius 1 is 1.18 bits per heavy atom. The molecular formula is C10H21Cl2N3O2. The molecule has 2 rings (SSSR count). The summed E-state index contributed by atoms with van der Waals surface area (Å²) in [4.78, 5) is 13.9. The Morgan fingerprint density at radius 2 is 1.71 bits per heavy atom. The second-order valence-electron chi connectivity index (χ2n) is 4.25. The van der Waals surface area contributed by atoms with Crippen molar-refractivity contribution in [3.05, 3.63) is 0 Å². The Bertz CT molecular complexity index is 242. The number of hydrogen-bond acceptors (Lipinski definition) is 4. The maximum Gasteiger partial charge on any atom is 0.238 e. The molecule has 2 aliphatic heterocycles. The van der Waals surface area contributed by atoms with Crippen LogP contribution in [0.25, 0.3) is 0 Å². The summed E-state index contributed by atoms with van der Waals surface area (Å²) in [6, 6.07) is 0. The zero-order valence-corrected chi connectivity index (χ0v) is 11.4. The fourth-order valence-electron chi connectivity index (χ4n) is 2.52. The number of carbonyl (C=O) groups excluding carboxylic acids is 1. The van der Waals surface area contributed by atoms with Crippen LogP contribution in [-0.2, 0) is 9.53 Å². The van der Waals surface area contributed by atoms with Gasteiger partial charge in [-0.05, 0) is 12.8 Å². The van der Waals surface area contributed by atoms with Crippen molar-refractivity contribution in [1.29, 1.82) is 0 Å². The Labute approximate surface area is 114 Å². The minimum atomic E-state index is -0.444. The molecule has 17 heavy (non-hydrogen) atoms. The first-order valence-electron chi connectivity index (χ1n) is 5.59. The molecule has 0 aliphatic carbocycles. The summed E-state index contributed by atoms with van der Waals surface area (Å²) in [5.41, 5.74) is 5.13. The fraction of sp³-hybridized carbons (Fsp3) is 0.900. The quantitative estimate of drug-likeness (QED) is 0.736. The first kappa shape index (κ1) is 16.9. The van der Waals surface area contributed by atoms with E-state index in [0.29, 0.717) is 13.2 Å². The molecule has 2 heterocycles. The first-order chi connectivity index (χ1) is 7.26. The molecule has 0 aromatic heterocycles. The largest absolute Gasteiger partial charge is 0.381 e. The topological polar surface area (TPSA) is 67.6 Å². The second-order valence-corrected chi connectivity index (χ2v) is 4.25. The second kappa shape index (κ2) is 7.38. The molecule has 0 unspecified atom stereocenters. The van der Waals surface area contributed by atoms with Crippen LogP contribution < -0.4 is 11.1 Å². The van der Waals surface area contributed by atoms with E-state index in [1.54, 1.807) is 0 Å². The average Bonchev–Trinajstić information content (AvgIpc) is 2.31. The summed E-state index contributed by atoms with van der Waals surface area (Å²) in [7, 11) is 0. The average molecular weight is 286 g/mol. The zero-order valence-electron chi connectivity index (χ0n) is 9.81. The SMILES string of the molecule is Cl.Cl.NC(=O)C1(N2CCNCC2)CCOCC1. The Kier molecular flexibility index (Phi) is 7.35. The minimum Gasteiger partial charge on any atom is -0.381 e. The number of carbonyl (C=O) groups is 1. The van der Waals surface area contributed by atoms with Gasteiger partial charge in [-0.2, -0.15) is 0 Å². The van der Waals surface area contributed by atoms with Crippen LogP contribution in [0.15, 0.2) is 0 Å². The van der Waals surface area contributed by atoms with Crippen LogP contribution in [0.3, 0.4) is 0 Å². The van der Waals surface area contributed by atoms with Crippen LogP contribution in [0.4, 0.5) is 0 Å². The van der Waals surface area contributed by atoms with Gasteiger partial charge in [-0.1, -0.05) is 0 Å². The highest BCUT2D eigenvalue weighted by molar-refractivity contribution is 5.85.